The summed E-state index contributed by atoms with van der Waals surface area (Å²) >= 11 is 8.05. The summed E-state index contributed by atoms with van der Waals surface area (Å²) in [5.41, 5.74) is 7.13. The first-order valence-corrected chi connectivity index (χ1v) is 6.75. The van der Waals surface area contributed by atoms with Crippen molar-refractivity contribution in [3.05, 3.63) is 46.3 Å². The number of furan rings is 1. The van der Waals surface area contributed by atoms with Gasteiger partial charge in [-0.15, -0.1) is 0 Å². The molecule has 1 heterocycles. The number of amides is 1. The molecule has 2 aromatic rings. The Hall–Kier alpha value is -1.86. The first-order valence-electron chi connectivity index (χ1n) is 5.55. The van der Waals surface area contributed by atoms with Crippen LogP contribution in [0.1, 0.15) is 15.9 Å². The maximum atomic E-state index is 12.1. The fourth-order valence-corrected chi connectivity index (χ4v) is 2.14. The van der Waals surface area contributed by atoms with Crippen molar-refractivity contribution in [2.75, 3.05) is 12.4 Å². The fourth-order valence-electron chi connectivity index (χ4n) is 1.59. The molecule has 3 N–H and O–H groups in total. The van der Waals surface area contributed by atoms with E-state index in [1.54, 1.807) is 24.3 Å². The van der Waals surface area contributed by atoms with Gasteiger partial charge in [0, 0.05) is 5.56 Å². The number of methoxy groups -OCH3 is 1. The largest absolute Gasteiger partial charge is 0.495 e. The summed E-state index contributed by atoms with van der Waals surface area (Å²) in [6.07, 6.45) is 1.42. The van der Waals surface area contributed by atoms with Crippen LogP contribution in [0.25, 0.3) is 0 Å². The Morgan fingerprint density at radius 2 is 2.20 bits per heavy atom. The van der Waals surface area contributed by atoms with Crippen LogP contribution in [0.15, 0.2) is 39.6 Å². The zero-order valence-corrected chi connectivity index (χ0v) is 12.9. The molecule has 1 aromatic heterocycles. The minimum Gasteiger partial charge on any atom is -0.495 e. The first-order chi connectivity index (χ1) is 9.52. The van der Waals surface area contributed by atoms with Crippen molar-refractivity contribution in [1.82, 2.24) is 0 Å². The molecule has 2 rings (SSSR count). The van der Waals surface area contributed by atoms with Crippen LogP contribution in [0.3, 0.4) is 0 Å². The topological polar surface area (TPSA) is 77.5 Å². The molecule has 0 atom stereocenters. The molecule has 0 radical (unpaired) electrons. The third-order valence-electron chi connectivity index (χ3n) is 2.60. The number of benzene rings is 1. The van der Waals surface area contributed by atoms with Crippen LogP contribution in [-0.4, -0.2) is 18.0 Å². The van der Waals surface area contributed by atoms with Gasteiger partial charge in [-0.1, -0.05) is 12.2 Å². The molecule has 7 heteroatoms. The molecule has 5 nitrogen and oxygen atoms in total. The van der Waals surface area contributed by atoms with E-state index in [0.29, 0.717) is 27.2 Å². The Labute approximate surface area is 129 Å². The van der Waals surface area contributed by atoms with Gasteiger partial charge in [-0.2, -0.15) is 0 Å². The van der Waals surface area contributed by atoms with Gasteiger partial charge >= 0.3 is 0 Å². The summed E-state index contributed by atoms with van der Waals surface area (Å²) in [6, 6.07) is 6.63. The third-order valence-corrected chi connectivity index (χ3v) is 3.45. The van der Waals surface area contributed by atoms with Crippen molar-refractivity contribution in [2.24, 2.45) is 5.73 Å². The van der Waals surface area contributed by atoms with Crippen LogP contribution >= 0.6 is 28.1 Å². The number of hydrogen-bond acceptors (Lipinski definition) is 4. The molecule has 0 saturated carbocycles. The van der Waals surface area contributed by atoms with Crippen molar-refractivity contribution < 1.29 is 13.9 Å². The number of halogens is 1. The van der Waals surface area contributed by atoms with Crippen molar-refractivity contribution in [1.29, 1.82) is 0 Å². The van der Waals surface area contributed by atoms with E-state index in [-0.39, 0.29) is 10.9 Å². The van der Waals surface area contributed by atoms with Crippen LogP contribution in [0, 0.1) is 0 Å². The number of thiocarbonyl (C=S) groups is 1. The standard InChI is InChI=1S/C13H11BrN2O3S/c1-18-10-6-7(12(15)20)2-3-9(10)16-13(17)8-4-5-19-11(8)14/h2-6H,1H3,(H2,15,20)(H,16,17). The molecule has 0 aliphatic rings. The summed E-state index contributed by atoms with van der Waals surface area (Å²) in [4.78, 5) is 12.3. The minimum absolute atomic E-state index is 0.263. The van der Waals surface area contributed by atoms with Gasteiger partial charge in [0.05, 0.1) is 24.6 Å². The predicted molar refractivity (Wildman–Crippen MR) is 83.2 cm³/mol. The van der Waals surface area contributed by atoms with Gasteiger partial charge in [-0.3, -0.25) is 4.79 Å². The Kier molecular flexibility index (Phi) is 4.41. The molecule has 0 saturated heterocycles. The summed E-state index contributed by atoms with van der Waals surface area (Å²) in [6.45, 7) is 0. The van der Waals surface area contributed by atoms with Crippen molar-refractivity contribution in [3.8, 4) is 5.75 Å². The highest BCUT2D eigenvalue weighted by molar-refractivity contribution is 9.10. The average molecular weight is 355 g/mol. The number of ether oxygens (including phenoxy) is 1. The Morgan fingerprint density at radius 3 is 2.75 bits per heavy atom. The lowest BCUT2D eigenvalue weighted by Crippen LogP contribution is -2.14. The number of nitrogens with two attached hydrogens (primary N) is 1. The van der Waals surface area contributed by atoms with Crippen molar-refractivity contribution in [2.45, 2.75) is 0 Å². The highest BCUT2D eigenvalue weighted by Crippen LogP contribution is 2.27. The Morgan fingerprint density at radius 1 is 1.45 bits per heavy atom. The lowest BCUT2D eigenvalue weighted by Gasteiger charge is -2.11. The van der Waals surface area contributed by atoms with Crippen LogP contribution in [0.2, 0.25) is 0 Å². The third kappa shape index (κ3) is 3.00. The number of rotatable bonds is 4. The number of carbonyl (C=O) groups is 1. The van der Waals surface area contributed by atoms with Gasteiger partial charge in [0.1, 0.15) is 10.7 Å². The van der Waals surface area contributed by atoms with Crippen LogP contribution < -0.4 is 15.8 Å². The minimum atomic E-state index is -0.313. The number of anilines is 1. The van der Waals surface area contributed by atoms with E-state index in [0.717, 1.165) is 0 Å². The second-order valence-corrected chi connectivity index (χ2v) is 5.00. The van der Waals surface area contributed by atoms with E-state index in [1.165, 1.54) is 13.4 Å². The molecular formula is C13H11BrN2O3S. The molecule has 0 fully saturated rings. The molecule has 1 aromatic carbocycles. The van der Waals surface area contributed by atoms with E-state index >= 15 is 0 Å². The normalized spacial score (nSPS) is 10.1. The van der Waals surface area contributed by atoms with Gasteiger partial charge in [0.2, 0.25) is 0 Å². The van der Waals surface area contributed by atoms with Gasteiger partial charge in [0.25, 0.3) is 5.91 Å². The lowest BCUT2D eigenvalue weighted by molar-refractivity contribution is 0.102. The molecule has 0 aliphatic carbocycles. The Bertz CT molecular complexity index is 669. The van der Waals surface area contributed by atoms with E-state index in [2.05, 4.69) is 21.2 Å². The summed E-state index contributed by atoms with van der Waals surface area (Å²) in [7, 11) is 1.50. The van der Waals surface area contributed by atoms with Gasteiger partial charge in [-0.25, -0.2) is 0 Å². The molecule has 0 bridgehead atoms. The quantitative estimate of drug-likeness (QED) is 0.825. The van der Waals surface area contributed by atoms with E-state index in [1.807, 2.05) is 0 Å². The molecule has 20 heavy (non-hydrogen) atoms. The van der Waals surface area contributed by atoms with E-state index in [9.17, 15) is 4.79 Å². The van der Waals surface area contributed by atoms with Crippen LogP contribution in [0.5, 0.6) is 5.75 Å². The molecule has 0 spiro atoms. The van der Waals surface area contributed by atoms with Gasteiger partial charge < -0.3 is 20.2 Å². The molecule has 104 valence electrons. The molecule has 1 amide bonds. The number of nitrogens with one attached hydrogen (secondary N) is 1. The monoisotopic (exact) mass is 354 g/mol. The van der Waals surface area contributed by atoms with E-state index in [4.69, 9.17) is 27.1 Å². The number of hydrogen-bond donors (Lipinski definition) is 2. The molecule has 0 aliphatic heterocycles. The highest BCUT2D eigenvalue weighted by Gasteiger charge is 2.15. The van der Waals surface area contributed by atoms with E-state index < -0.39 is 0 Å². The molecular weight excluding hydrogens is 344 g/mol. The highest BCUT2D eigenvalue weighted by atomic mass is 79.9. The molecule has 0 unspecified atom stereocenters. The van der Waals surface area contributed by atoms with Gasteiger partial charge in [-0.05, 0) is 40.2 Å². The van der Waals surface area contributed by atoms with Crippen molar-refractivity contribution in [3.63, 3.8) is 0 Å². The zero-order valence-electron chi connectivity index (χ0n) is 10.5. The average Bonchev–Trinajstić information content (AvgIpc) is 2.85. The maximum absolute atomic E-state index is 12.1. The smallest absolute Gasteiger partial charge is 0.260 e. The maximum Gasteiger partial charge on any atom is 0.260 e. The first kappa shape index (κ1) is 14.5. The Balaban J connectivity index is 2.27. The fraction of sp³-hybridized carbons (Fsp3) is 0.0769. The second kappa shape index (κ2) is 6.06. The van der Waals surface area contributed by atoms with Gasteiger partial charge in [0.15, 0.2) is 4.67 Å². The van der Waals surface area contributed by atoms with Crippen molar-refractivity contribution >= 4 is 44.7 Å². The summed E-state index contributed by atoms with van der Waals surface area (Å²) < 4.78 is 10.6. The van der Waals surface area contributed by atoms with Crippen LogP contribution in [-0.2, 0) is 0 Å². The SMILES string of the molecule is COc1cc(C(N)=S)ccc1NC(=O)c1ccoc1Br. The zero-order chi connectivity index (χ0) is 14.7. The lowest BCUT2D eigenvalue weighted by atomic mass is 10.2. The van der Waals surface area contributed by atoms with Crippen LogP contribution in [0.4, 0.5) is 5.69 Å². The number of carbonyl (C=O) groups excluding carboxylic acids is 1. The summed E-state index contributed by atoms with van der Waals surface area (Å²) in [5, 5.41) is 2.73. The second-order valence-electron chi connectivity index (χ2n) is 3.84. The summed E-state index contributed by atoms with van der Waals surface area (Å²) in [5.74, 6) is 0.162. The predicted octanol–water partition coefficient (Wildman–Crippen LogP) is 2.94.